The number of carbonyl (C=O) groups is 1. The van der Waals surface area contributed by atoms with Gasteiger partial charge in [-0.3, -0.25) is 4.79 Å². The SMILES string of the molecule is CON=C(C(=O)S)c1csc(Nn2nc3ccccc3n2)n1. The van der Waals surface area contributed by atoms with Crippen LogP contribution in [0, 0.1) is 0 Å². The Balaban J connectivity index is 1.84. The van der Waals surface area contributed by atoms with Gasteiger partial charge in [0.15, 0.2) is 5.71 Å². The number of thiazole rings is 1. The number of thiol groups is 1. The van der Waals surface area contributed by atoms with Crippen LogP contribution >= 0.6 is 24.0 Å². The molecular formula is C12H10N6O2S2. The number of nitrogens with zero attached hydrogens (tertiary/aromatic N) is 5. The molecule has 0 atom stereocenters. The van der Waals surface area contributed by atoms with Crippen molar-refractivity contribution in [3.8, 4) is 0 Å². The quantitative estimate of drug-likeness (QED) is 0.418. The highest BCUT2D eigenvalue weighted by atomic mass is 32.1. The third-order valence-corrected chi connectivity index (χ3v) is 3.57. The van der Waals surface area contributed by atoms with E-state index in [2.05, 4.69) is 43.2 Å². The molecule has 2 heterocycles. The summed E-state index contributed by atoms with van der Waals surface area (Å²) in [6.45, 7) is 0. The molecule has 8 nitrogen and oxygen atoms in total. The molecule has 0 aliphatic heterocycles. The summed E-state index contributed by atoms with van der Waals surface area (Å²) >= 11 is 5.03. The fourth-order valence-electron chi connectivity index (χ4n) is 1.72. The van der Waals surface area contributed by atoms with E-state index >= 15 is 0 Å². The number of nitrogens with one attached hydrogen (secondary N) is 1. The van der Waals surface area contributed by atoms with Gasteiger partial charge in [0.05, 0.1) is 0 Å². The summed E-state index contributed by atoms with van der Waals surface area (Å²) in [5.41, 5.74) is 4.85. The summed E-state index contributed by atoms with van der Waals surface area (Å²) in [6, 6.07) is 7.48. The number of benzene rings is 1. The third-order valence-electron chi connectivity index (χ3n) is 2.61. The Hall–Kier alpha value is -2.46. The van der Waals surface area contributed by atoms with Gasteiger partial charge in [-0.15, -0.1) is 21.5 Å². The van der Waals surface area contributed by atoms with Crippen LogP contribution in [0.25, 0.3) is 11.0 Å². The molecular weight excluding hydrogens is 324 g/mol. The van der Waals surface area contributed by atoms with Crippen molar-refractivity contribution in [1.82, 2.24) is 20.1 Å². The molecule has 1 N–H and O–H groups in total. The van der Waals surface area contributed by atoms with Gasteiger partial charge in [-0.1, -0.05) is 34.8 Å². The fourth-order valence-corrected chi connectivity index (χ4v) is 2.54. The lowest BCUT2D eigenvalue weighted by molar-refractivity contribution is -0.105. The maximum atomic E-state index is 11.4. The number of rotatable bonds is 5. The lowest BCUT2D eigenvalue weighted by Crippen LogP contribution is -2.14. The standard InChI is InChI=1S/C12H10N6O2S2/c1-20-17-10(11(19)21)9-6-22-12(13-9)16-18-14-7-4-2-3-5-8(7)15-18/h2-6H,1H3,(H,13,16)(H,19,21). The summed E-state index contributed by atoms with van der Waals surface area (Å²) in [5.74, 6) is 0. The van der Waals surface area contributed by atoms with Crippen LogP contribution < -0.4 is 5.43 Å². The number of carbonyl (C=O) groups excluding carboxylic acids is 1. The molecule has 0 unspecified atom stereocenters. The van der Waals surface area contributed by atoms with Crippen molar-refractivity contribution in [3.05, 3.63) is 35.3 Å². The molecule has 0 bridgehead atoms. The number of anilines is 1. The highest BCUT2D eigenvalue weighted by molar-refractivity contribution is 7.99. The van der Waals surface area contributed by atoms with Gasteiger partial charge in [0.25, 0.3) is 0 Å². The molecule has 3 aromatic rings. The van der Waals surface area contributed by atoms with Gasteiger partial charge in [0.1, 0.15) is 23.8 Å². The van der Waals surface area contributed by atoms with Crippen molar-refractivity contribution >= 4 is 51.0 Å². The maximum absolute atomic E-state index is 11.4. The highest BCUT2D eigenvalue weighted by Crippen LogP contribution is 2.17. The molecule has 2 aromatic heterocycles. The van der Waals surface area contributed by atoms with Gasteiger partial charge in [0.2, 0.25) is 10.2 Å². The summed E-state index contributed by atoms with van der Waals surface area (Å²) in [4.78, 5) is 21.6. The lowest BCUT2D eigenvalue weighted by atomic mass is 10.3. The van der Waals surface area contributed by atoms with Crippen LogP contribution in [0.2, 0.25) is 0 Å². The minimum absolute atomic E-state index is 0.0359. The molecule has 1 aromatic carbocycles. The smallest absolute Gasteiger partial charge is 0.240 e. The predicted molar refractivity (Wildman–Crippen MR) is 86.2 cm³/mol. The van der Waals surface area contributed by atoms with E-state index in [4.69, 9.17) is 0 Å². The van der Waals surface area contributed by atoms with Crippen molar-refractivity contribution in [2.75, 3.05) is 12.5 Å². The average molecular weight is 334 g/mol. The molecule has 112 valence electrons. The van der Waals surface area contributed by atoms with Gasteiger partial charge in [0, 0.05) is 5.38 Å². The summed E-state index contributed by atoms with van der Waals surface area (Å²) in [6.07, 6.45) is 0. The van der Waals surface area contributed by atoms with E-state index in [0.29, 0.717) is 10.8 Å². The van der Waals surface area contributed by atoms with Crippen molar-refractivity contribution < 1.29 is 9.63 Å². The molecule has 0 radical (unpaired) electrons. The average Bonchev–Trinajstić information content (AvgIpc) is 3.10. The maximum Gasteiger partial charge on any atom is 0.240 e. The Kier molecular flexibility index (Phi) is 4.02. The van der Waals surface area contributed by atoms with Gasteiger partial charge >= 0.3 is 0 Å². The first-order valence-electron chi connectivity index (χ1n) is 6.07. The van der Waals surface area contributed by atoms with Crippen molar-refractivity contribution in [2.45, 2.75) is 0 Å². The van der Waals surface area contributed by atoms with Crippen molar-refractivity contribution in [3.63, 3.8) is 0 Å². The minimum Gasteiger partial charge on any atom is -0.398 e. The van der Waals surface area contributed by atoms with Crippen LogP contribution in [0.4, 0.5) is 5.13 Å². The lowest BCUT2D eigenvalue weighted by Gasteiger charge is -1.98. The van der Waals surface area contributed by atoms with Crippen LogP contribution in [0.3, 0.4) is 0 Å². The molecule has 22 heavy (non-hydrogen) atoms. The summed E-state index contributed by atoms with van der Waals surface area (Å²) in [5, 5.41) is 13.8. The van der Waals surface area contributed by atoms with Gasteiger partial charge in [-0.05, 0) is 12.1 Å². The first-order chi connectivity index (χ1) is 10.7. The van der Waals surface area contributed by atoms with Crippen LogP contribution in [-0.2, 0) is 9.63 Å². The van der Waals surface area contributed by atoms with E-state index in [1.165, 1.54) is 23.4 Å². The summed E-state index contributed by atoms with van der Waals surface area (Å²) in [7, 11) is 1.35. The number of hydrogen-bond donors (Lipinski definition) is 2. The number of oxime groups is 1. The van der Waals surface area contributed by atoms with E-state index in [9.17, 15) is 4.79 Å². The molecule has 0 aliphatic carbocycles. The van der Waals surface area contributed by atoms with E-state index in [1.807, 2.05) is 24.3 Å². The zero-order valence-electron chi connectivity index (χ0n) is 11.3. The monoisotopic (exact) mass is 334 g/mol. The van der Waals surface area contributed by atoms with E-state index < -0.39 is 5.12 Å². The molecule has 0 aliphatic rings. The van der Waals surface area contributed by atoms with Gasteiger partial charge in [-0.25, -0.2) is 10.4 Å². The van der Waals surface area contributed by atoms with E-state index in [1.54, 1.807) is 5.38 Å². The Morgan fingerprint density at radius 3 is 2.64 bits per heavy atom. The molecule has 3 rings (SSSR count). The normalized spacial score (nSPS) is 11.6. The molecule has 10 heteroatoms. The number of aromatic nitrogens is 4. The Labute approximate surface area is 134 Å². The van der Waals surface area contributed by atoms with Crippen LogP contribution in [0.1, 0.15) is 5.69 Å². The number of hydrogen-bond acceptors (Lipinski definition) is 8. The van der Waals surface area contributed by atoms with Crippen LogP contribution in [-0.4, -0.2) is 38.0 Å². The Bertz CT molecular complexity index is 823. The zero-order chi connectivity index (χ0) is 15.5. The number of fused-ring (bicyclic) bond motifs is 1. The molecule has 0 saturated carbocycles. The minimum atomic E-state index is -0.526. The molecule has 0 spiro atoms. The van der Waals surface area contributed by atoms with Crippen LogP contribution in [0.15, 0.2) is 34.8 Å². The van der Waals surface area contributed by atoms with Crippen molar-refractivity contribution in [2.24, 2.45) is 5.16 Å². The second kappa shape index (κ2) is 6.12. The topological polar surface area (TPSA) is 94.3 Å². The first-order valence-corrected chi connectivity index (χ1v) is 7.39. The van der Waals surface area contributed by atoms with Gasteiger partial charge < -0.3 is 4.84 Å². The Morgan fingerprint density at radius 1 is 1.36 bits per heavy atom. The zero-order valence-corrected chi connectivity index (χ0v) is 13.0. The Morgan fingerprint density at radius 2 is 2.05 bits per heavy atom. The largest absolute Gasteiger partial charge is 0.398 e. The molecule has 0 saturated heterocycles. The molecule has 0 fully saturated rings. The first kappa shape index (κ1) is 14.5. The second-order valence-corrected chi connectivity index (χ2v) is 5.32. The molecule has 0 amide bonds. The third kappa shape index (κ3) is 2.92. The second-order valence-electron chi connectivity index (χ2n) is 4.06. The highest BCUT2D eigenvalue weighted by Gasteiger charge is 2.16. The van der Waals surface area contributed by atoms with Crippen LogP contribution in [0.5, 0.6) is 0 Å². The summed E-state index contributed by atoms with van der Waals surface area (Å²) < 4.78 is 0. The van der Waals surface area contributed by atoms with E-state index in [0.717, 1.165) is 11.0 Å². The van der Waals surface area contributed by atoms with E-state index in [-0.39, 0.29) is 5.71 Å². The van der Waals surface area contributed by atoms with Crippen molar-refractivity contribution in [1.29, 1.82) is 0 Å². The predicted octanol–water partition coefficient (Wildman–Crippen LogP) is 1.57. The fraction of sp³-hybridized carbons (Fsp3) is 0.0833. The van der Waals surface area contributed by atoms with Gasteiger partial charge in [-0.2, -0.15) is 0 Å².